The average Bonchev–Trinajstić information content (AvgIpc) is 2.42. The fourth-order valence-corrected chi connectivity index (χ4v) is 1.74. The number of rotatable bonds is 4. The molecule has 0 saturated heterocycles. The van der Waals surface area contributed by atoms with Crippen LogP contribution in [0.15, 0.2) is 47.3 Å². The molecule has 1 N–H and O–H groups in total. The molecule has 0 atom stereocenters. The summed E-state index contributed by atoms with van der Waals surface area (Å²) in [5.74, 6) is -0.194. The van der Waals surface area contributed by atoms with Gasteiger partial charge in [0, 0.05) is 23.4 Å². The van der Waals surface area contributed by atoms with Crippen molar-refractivity contribution in [1.29, 1.82) is 0 Å². The first-order valence-electron chi connectivity index (χ1n) is 5.54. The third-order valence-corrected chi connectivity index (χ3v) is 2.94. The highest BCUT2D eigenvalue weighted by Gasteiger charge is 2.05. The molecule has 0 aliphatic rings. The van der Waals surface area contributed by atoms with Crippen LogP contribution >= 0.6 is 15.9 Å². The molecule has 0 unspecified atom stereocenters. The molecule has 0 radical (unpaired) electrons. The predicted octanol–water partition coefficient (Wildman–Crippen LogP) is 2.21. The molecular formula is C13H12BrN3O. The van der Waals surface area contributed by atoms with E-state index in [1.165, 1.54) is 18.0 Å². The molecule has 0 aliphatic carbocycles. The minimum atomic E-state index is -0.194. The first kappa shape index (κ1) is 12.7. The summed E-state index contributed by atoms with van der Waals surface area (Å²) in [6, 6.07) is 8.02. The zero-order valence-corrected chi connectivity index (χ0v) is 11.2. The molecule has 92 valence electrons. The first-order valence-corrected chi connectivity index (χ1v) is 6.33. The molecule has 1 aromatic carbocycles. The summed E-state index contributed by atoms with van der Waals surface area (Å²) in [5, 5.41) is 2.81. The van der Waals surface area contributed by atoms with Crippen molar-refractivity contribution in [2.75, 3.05) is 6.54 Å². The van der Waals surface area contributed by atoms with Gasteiger partial charge in [0.1, 0.15) is 5.69 Å². The van der Waals surface area contributed by atoms with Crippen molar-refractivity contribution in [1.82, 2.24) is 15.3 Å². The van der Waals surface area contributed by atoms with Crippen molar-refractivity contribution in [2.45, 2.75) is 6.42 Å². The van der Waals surface area contributed by atoms with E-state index < -0.39 is 0 Å². The summed E-state index contributed by atoms with van der Waals surface area (Å²) in [6.45, 7) is 0.580. The van der Waals surface area contributed by atoms with Gasteiger partial charge in [0.2, 0.25) is 0 Å². The SMILES string of the molecule is O=C(NCCc1ccc(Br)cc1)c1cnccn1. The lowest BCUT2D eigenvalue weighted by Gasteiger charge is -2.04. The lowest BCUT2D eigenvalue weighted by atomic mass is 10.1. The Balaban J connectivity index is 1.82. The Morgan fingerprint density at radius 2 is 2.00 bits per heavy atom. The third-order valence-electron chi connectivity index (χ3n) is 2.41. The first-order chi connectivity index (χ1) is 8.75. The van der Waals surface area contributed by atoms with Crippen molar-refractivity contribution in [3.63, 3.8) is 0 Å². The lowest BCUT2D eigenvalue weighted by Crippen LogP contribution is -2.26. The van der Waals surface area contributed by atoms with E-state index in [-0.39, 0.29) is 5.91 Å². The number of hydrogen-bond donors (Lipinski definition) is 1. The van der Waals surface area contributed by atoms with E-state index in [0.717, 1.165) is 10.9 Å². The number of hydrogen-bond acceptors (Lipinski definition) is 3. The molecule has 18 heavy (non-hydrogen) atoms. The second-order valence-corrected chi connectivity index (χ2v) is 4.64. The molecule has 1 aromatic heterocycles. The van der Waals surface area contributed by atoms with Gasteiger partial charge in [0.25, 0.3) is 5.91 Å². The van der Waals surface area contributed by atoms with Crippen molar-refractivity contribution in [3.8, 4) is 0 Å². The van der Waals surface area contributed by atoms with Crippen LogP contribution in [0.4, 0.5) is 0 Å². The maximum absolute atomic E-state index is 11.7. The molecule has 2 aromatic rings. The van der Waals surface area contributed by atoms with Gasteiger partial charge in [-0.3, -0.25) is 9.78 Å². The Kier molecular flexibility index (Phi) is 4.41. The molecule has 4 nitrogen and oxygen atoms in total. The second kappa shape index (κ2) is 6.26. The number of nitrogens with zero attached hydrogens (tertiary/aromatic N) is 2. The summed E-state index contributed by atoms with van der Waals surface area (Å²) in [5.41, 5.74) is 1.52. The summed E-state index contributed by atoms with van der Waals surface area (Å²) in [4.78, 5) is 19.5. The Morgan fingerprint density at radius 3 is 2.67 bits per heavy atom. The Labute approximate surface area is 114 Å². The number of halogens is 1. The molecule has 1 amide bonds. The highest BCUT2D eigenvalue weighted by molar-refractivity contribution is 9.10. The monoisotopic (exact) mass is 305 g/mol. The largest absolute Gasteiger partial charge is 0.350 e. The van der Waals surface area contributed by atoms with Crippen LogP contribution in [-0.4, -0.2) is 22.4 Å². The van der Waals surface area contributed by atoms with E-state index in [1.54, 1.807) is 6.20 Å². The Morgan fingerprint density at radius 1 is 1.22 bits per heavy atom. The molecule has 0 fully saturated rings. The van der Waals surface area contributed by atoms with Gasteiger partial charge in [-0.2, -0.15) is 0 Å². The highest BCUT2D eigenvalue weighted by atomic mass is 79.9. The topological polar surface area (TPSA) is 54.9 Å². The van der Waals surface area contributed by atoms with Gasteiger partial charge in [-0.15, -0.1) is 0 Å². The number of carbonyl (C=O) groups is 1. The number of benzene rings is 1. The summed E-state index contributed by atoms with van der Waals surface area (Å²) >= 11 is 3.38. The van der Waals surface area contributed by atoms with E-state index >= 15 is 0 Å². The third kappa shape index (κ3) is 3.63. The number of carbonyl (C=O) groups excluding carboxylic acids is 1. The van der Waals surface area contributed by atoms with Gasteiger partial charge in [0.05, 0.1) is 6.20 Å². The molecule has 0 aliphatic heterocycles. The lowest BCUT2D eigenvalue weighted by molar-refractivity contribution is 0.0949. The van der Waals surface area contributed by atoms with Crippen LogP contribution in [0.3, 0.4) is 0 Å². The van der Waals surface area contributed by atoms with Crippen LogP contribution in [0.1, 0.15) is 16.1 Å². The van der Waals surface area contributed by atoms with Crippen LogP contribution in [0.25, 0.3) is 0 Å². The van der Waals surface area contributed by atoms with Crippen LogP contribution < -0.4 is 5.32 Å². The molecule has 1 heterocycles. The van der Waals surface area contributed by atoms with Gasteiger partial charge in [-0.25, -0.2) is 4.98 Å². The number of nitrogens with one attached hydrogen (secondary N) is 1. The number of amides is 1. The Bertz CT molecular complexity index is 514. The molecule has 0 bridgehead atoms. The predicted molar refractivity (Wildman–Crippen MR) is 72.2 cm³/mol. The highest BCUT2D eigenvalue weighted by Crippen LogP contribution is 2.10. The van der Waals surface area contributed by atoms with Crippen LogP contribution in [0.5, 0.6) is 0 Å². The van der Waals surface area contributed by atoms with E-state index in [1.807, 2.05) is 24.3 Å². The molecule has 2 rings (SSSR count). The fraction of sp³-hybridized carbons (Fsp3) is 0.154. The van der Waals surface area contributed by atoms with E-state index in [4.69, 9.17) is 0 Å². The molecule has 0 spiro atoms. The van der Waals surface area contributed by atoms with Gasteiger partial charge in [-0.1, -0.05) is 28.1 Å². The summed E-state index contributed by atoms with van der Waals surface area (Å²) in [6.07, 6.45) is 5.29. The minimum absolute atomic E-state index is 0.194. The molecule has 0 saturated carbocycles. The number of aromatic nitrogens is 2. The van der Waals surface area contributed by atoms with Crippen molar-refractivity contribution in [3.05, 3.63) is 58.6 Å². The van der Waals surface area contributed by atoms with Crippen molar-refractivity contribution >= 4 is 21.8 Å². The average molecular weight is 306 g/mol. The van der Waals surface area contributed by atoms with E-state index in [0.29, 0.717) is 12.2 Å². The standard InChI is InChI=1S/C13H12BrN3O/c14-11-3-1-10(2-4-11)5-6-17-13(18)12-9-15-7-8-16-12/h1-4,7-9H,5-6H2,(H,17,18). The molecular weight excluding hydrogens is 294 g/mol. The van der Waals surface area contributed by atoms with Crippen molar-refractivity contribution in [2.24, 2.45) is 0 Å². The zero-order valence-electron chi connectivity index (χ0n) is 9.64. The Hall–Kier alpha value is -1.75. The van der Waals surface area contributed by atoms with Gasteiger partial charge in [0.15, 0.2) is 0 Å². The fourth-order valence-electron chi connectivity index (χ4n) is 1.48. The second-order valence-electron chi connectivity index (χ2n) is 3.72. The summed E-state index contributed by atoms with van der Waals surface area (Å²) in [7, 11) is 0. The quantitative estimate of drug-likeness (QED) is 0.942. The van der Waals surface area contributed by atoms with Crippen LogP contribution in [0.2, 0.25) is 0 Å². The maximum atomic E-state index is 11.7. The van der Waals surface area contributed by atoms with Crippen molar-refractivity contribution < 1.29 is 4.79 Å². The van der Waals surface area contributed by atoms with Crippen LogP contribution in [0, 0.1) is 0 Å². The van der Waals surface area contributed by atoms with E-state index in [2.05, 4.69) is 31.2 Å². The maximum Gasteiger partial charge on any atom is 0.271 e. The van der Waals surface area contributed by atoms with Gasteiger partial charge < -0.3 is 5.32 Å². The minimum Gasteiger partial charge on any atom is -0.350 e. The normalized spacial score (nSPS) is 10.1. The smallest absolute Gasteiger partial charge is 0.271 e. The van der Waals surface area contributed by atoms with Crippen LogP contribution in [-0.2, 0) is 6.42 Å². The zero-order chi connectivity index (χ0) is 12.8. The summed E-state index contributed by atoms with van der Waals surface area (Å²) < 4.78 is 1.05. The van der Waals surface area contributed by atoms with Gasteiger partial charge in [-0.05, 0) is 24.1 Å². The van der Waals surface area contributed by atoms with Gasteiger partial charge >= 0.3 is 0 Å². The molecule has 5 heteroatoms. The van der Waals surface area contributed by atoms with E-state index in [9.17, 15) is 4.79 Å².